The first kappa shape index (κ1) is 11.1. The lowest BCUT2D eigenvalue weighted by atomic mass is 10.5. The Labute approximate surface area is 69.9 Å². The summed E-state index contributed by atoms with van der Waals surface area (Å²) in [7, 11) is 1.20. The fourth-order valence-electron chi connectivity index (χ4n) is 0.508. The number of hydrogen-bond acceptors (Lipinski definition) is 3. The van der Waals surface area contributed by atoms with Crippen LogP contribution in [0.15, 0.2) is 0 Å². The molecule has 0 heterocycles. The van der Waals surface area contributed by atoms with Gasteiger partial charge in [-0.25, -0.2) is 0 Å². The molecule has 11 heavy (non-hydrogen) atoms. The first-order valence-corrected chi connectivity index (χ1v) is 6.14. The van der Waals surface area contributed by atoms with Gasteiger partial charge in [-0.3, -0.25) is 0 Å². The minimum atomic E-state index is -2.08. The highest BCUT2D eigenvalue weighted by Crippen LogP contribution is 2.08. The van der Waals surface area contributed by atoms with Crippen molar-refractivity contribution in [3.63, 3.8) is 0 Å². The first-order valence-electron chi connectivity index (χ1n) is 3.74. The van der Waals surface area contributed by atoms with Crippen molar-refractivity contribution >= 4 is 8.56 Å². The lowest BCUT2D eigenvalue weighted by molar-refractivity contribution is 0.173. The number of rotatable bonds is 6. The molecule has 0 aromatic carbocycles. The second-order valence-electron chi connectivity index (χ2n) is 2.41. The van der Waals surface area contributed by atoms with Gasteiger partial charge in [0.15, 0.2) is 0 Å². The van der Waals surface area contributed by atoms with Crippen molar-refractivity contribution in [2.45, 2.75) is 19.9 Å². The Hall–Kier alpha value is 0.0969. The maximum atomic E-state index is 5.22. The van der Waals surface area contributed by atoms with Crippen molar-refractivity contribution < 1.29 is 13.6 Å². The summed E-state index contributed by atoms with van der Waals surface area (Å²) < 4.78 is 15.6. The molecule has 0 aromatic heterocycles. The molecular formula is C7H17O3Si. The van der Waals surface area contributed by atoms with Crippen molar-refractivity contribution in [1.82, 2.24) is 0 Å². The molecule has 0 aliphatic heterocycles. The highest BCUT2D eigenvalue weighted by atomic mass is 28.4. The van der Waals surface area contributed by atoms with Crippen LogP contribution in [0.2, 0.25) is 6.55 Å². The first-order chi connectivity index (χ1) is 5.18. The van der Waals surface area contributed by atoms with Gasteiger partial charge in [-0.15, -0.1) is 0 Å². The molecule has 0 aliphatic carbocycles. The van der Waals surface area contributed by atoms with Gasteiger partial charge in [0, 0.05) is 20.8 Å². The zero-order chi connectivity index (χ0) is 8.74. The van der Waals surface area contributed by atoms with Crippen LogP contribution < -0.4 is 0 Å². The van der Waals surface area contributed by atoms with E-state index in [4.69, 9.17) is 13.6 Å². The summed E-state index contributed by atoms with van der Waals surface area (Å²) in [6, 6.07) is 0. The molecule has 0 aliphatic rings. The van der Waals surface area contributed by atoms with Gasteiger partial charge >= 0.3 is 8.56 Å². The lowest BCUT2D eigenvalue weighted by Crippen LogP contribution is -2.38. The molecule has 3 nitrogen and oxygen atoms in total. The minimum absolute atomic E-state index is 0.731. The molecule has 0 rings (SSSR count). The Morgan fingerprint density at radius 3 is 2.18 bits per heavy atom. The third kappa shape index (κ3) is 4.52. The normalized spacial score (nSPS) is 12.0. The molecule has 0 aromatic rings. The standard InChI is InChI=1S/C7H17O3Si/c1-5-6-10-7-11(4,8-2)9-3/h7H,5-6H2,1-4H3. The predicted octanol–water partition coefficient (Wildman–Crippen LogP) is 1.48. The Kier molecular flexibility index (Phi) is 5.76. The van der Waals surface area contributed by atoms with E-state index in [2.05, 4.69) is 6.92 Å². The Morgan fingerprint density at radius 1 is 1.27 bits per heavy atom. The Bertz CT molecular complexity index is 93.7. The van der Waals surface area contributed by atoms with Crippen LogP contribution in [0.25, 0.3) is 0 Å². The van der Waals surface area contributed by atoms with Gasteiger partial charge < -0.3 is 13.6 Å². The van der Waals surface area contributed by atoms with E-state index in [1.165, 1.54) is 0 Å². The van der Waals surface area contributed by atoms with Crippen LogP contribution in [0.4, 0.5) is 0 Å². The zero-order valence-electron chi connectivity index (χ0n) is 7.72. The van der Waals surface area contributed by atoms with E-state index in [9.17, 15) is 0 Å². The Balaban J connectivity index is 3.51. The van der Waals surface area contributed by atoms with Crippen LogP contribution in [0.3, 0.4) is 0 Å². The van der Waals surface area contributed by atoms with Crippen molar-refractivity contribution in [3.8, 4) is 0 Å². The molecular weight excluding hydrogens is 160 g/mol. The van der Waals surface area contributed by atoms with E-state index in [1.54, 1.807) is 20.4 Å². The maximum Gasteiger partial charge on any atom is 0.366 e. The summed E-state index contributed by atoms with van der Waals surface area (Å²) >= 11 is 0. The van der Waals surface area contributed by atoms with Gasteiger partial charge in [0.1, 0.15) is 6.23 Å². The second-order valence-corrected chi connectivity index (χ2v) is 5.50. The van der Waals surface area contributed by atoms with Crippen molar-refractivity contribution in [1.29, 1.82) is 0 Å². The third-order valence-electron chi connectivity index (χ3n) is 1.43. The van der Waals surface area contributed by atoms with Gasteiger partial charge in [-0.2, -0.15) is 0 Å². The van der Waals surface area contributed by atoms with E-state index >= 15 is 0 Å². The SMILES string of the molecule is CCCO[CH][Si](C)(OC)OC. The minimum Gasteiger partial charge on any atom is -0.396 e. The topological polar surface area (TPSA) is 27.7 Å². The molecule has 0 atom stereocenters. The summed E-state index contributed by atoms with van der Waals surface area (Å²) in [5.74, 6) is 0. The summed E-state index contributed by atoms with van der Waals surface area (Å²) in [4.78, 5) is 0. The molecule has 0 bridgehead atoms. The molecule has 0 saturated carbocycles. The lowest BCUT2D eigenvalue weighted by Gasteiger charge is -2.21. The van der Waals surface area contributed by atoms with Gasteiger partial charge in [0.05, 0.1) is 0 Å². The summed E-state index contributed by atoms with van der Waals surface area (Å²) in [6.45, 7) is 4.73. The van der Waals surface area contributed by atoms with Crippen LogP contribution in [0.5, 0.6) is 0 Å². The second kappa shape index (κ2) is 5.71. The molecule has 1 radical (unpaired) electrons. The largest absolute Gasteiger partial charge is 0.396 e. The molecule has 0 N–H and O–H groups in total. The number of ether oxygens (including phenoxy) is 1. The third-order valence-corrected chi connectivity index (χ3v) is 3.65. The fraction of sp³-hybridized carbons (Fsp3) is 0.857. The fourth-order valence-corrected chi connectivity index (χ4v) is 1.29. The van der Waals surface area contributed by atoms with Gasteiger partial charge in [-0.05, 0) is 13.0 Å². The van der Waals surface area contributed by atoms with E-state index in [0.29, 0.717) is 0 Å². The van der Waals surface area contributed by atoms with Gasteiger partial charge in [0.2, 0.25) is 0 Å². The number of hydrogen-bond donors (Lipinski definition) is 0. The molecule has 0 saturated heterocycles. The van der Waals surface area contributed by atoms with Crippen LogP contribution in [0, 0.1) is 6.23 Å². The molecule has 0 unspecified atom stereocenters. The van der Waals surface area contributed by atoms with Crippen molar-refractivity contribution in [2.75, 3.05) is 20.8 Å². The van der Waals surface area contributed by atoms with Crippen LogP contribution >= 0.6 is 0 Å². The molecule has 0 amide bonds. The van der Waals surface area contributed by atoms with Crippen molar-refractivity contribution in [3.05, 3.63) is 6.23 Å². The highest BCUT2D eigenvalue weighted by Gasteiger charge is 2.29. The summed E-state index contributed by atoms with van der Waals surface area (Å²) in [5.41, 5.74) is 0. The average molecular weight is 177 g/mol. The molecule has 0 spiro atoms. The zero-order valence-corrected chi connectivity index (χ0v) is 8.72. The van der Waals surface area contributed by atoms with E-state index in [0.717, 1.165) is 13.0 Å². The van der Waals surface area contributed by atoms with Crippen LogP contribution in [-0.4, -0.2) is 29.4 Å². The van der Waals surface area contributed by atoms with Gasteiger partial charge in [-0.1, -0.05) is 6.92 Å². The maximum absolute atomic E-state index is 5.22. The highest BCUT2D eigenvalue weighted by molar-refractivity contribution is 6.69. The summed E-state index contributed by atoms with van der Waals surface area (Å²) in [5, 5.41) is 0. The van der Waals surface area contributed by atoms with E-state index < -0.39 is 8.56 Å². The molecule has 4 heteroatoms. The van der Waals surface area contributed by atoms with Crippen LogP contribution in [-0.2, 0) is 13.6 Å². The monoisotopic (exact) mass is 177 g/mol. The van der Waals surface area contributed by atoms with E-state index in [-0.39, 0.29) is 0 Å². The predicted molar refractivity (Wildman–Crippen MR) is 46.2 cm³/mol. The van der Waals surface area contributed by atoms with Crippen molar-refractivity contribution in [2.24, 2.45) is 0 Å². The summed E-state index contributed by atoms with van der Waals surface area (Å²) in [6.07, 6.45) is 2.71. The average Bonchev–Trinajstić information content (AvgIpc) is 2.05. The van der Waals surface area contributed by atoms with Crippen LogP contribution in [0.1, 0.15) is 13.3 Å². The van der Waals surface area contributed by atoms with E-state index in [1.807, 2.05) is 6.55 Å². The quantitative estimate of drug-likeness (QED) is 0.454. The molecule has 0 fully saturated rings. The van der Waals surface area contributed by atoms with Gasteiger partial charge in [0.25, 0.3) is 0 Å². The smallest absolute Gasteiger partial charge is 0.366 e. The molecule has 67 valence electrons. The Morgan fingerprint density at radius 2 is 1.82 bits per heavy atom.